The number of carbonyl (C=O) groups excluding carboxylic acids is 1. The molecule has 0 heterocycles. The third-order valence-corrected chi connectivity index (χ3v) is 3.10. The van der Waals surface area contributed by atoms with E-state index in [0.717, 1.165) is 24.1 Å². The smallest absolute Gasteiger partial charge is 0.253 e. The van der Waals surface area contributed by atoms with Gasteiger partial charge in [-0.05, 0) is 44.4 Å². The molecule has 0 radical (unpaired) electrons. The maximum Gasteiger partial charge on any atom is 0.253 e. The summed E-state index contributed by atoms with van der Waals surface area (Å²) in [6.45, 7) is 7.93. The first-order valence-corrected chi connectivity index (χ1v) is 6.65. The van der Waals surface area contributed by atoms with Crippen LogP contribution in [0.2, 0.25) is 0 Å². The first-order valence-electron chi connectivity index (χ1n) is 6.65. The molecule has 104 valence electrons. The minimum absolute atomic E-state index is 0.0294. The van der Waals surface area contributed by atoms with Gasteiger partial charge < -0.3 is 10.2 Å². The summed E-state index contributed by atoms with van der Waals surface area (Å²) in [5.41, 5.74) is 2.90. The quantitative estimate of drug-likeness (QED) is 0.794. The molecule has 0 aliphatic rings. The summed E-state index contributed by atoms with van der Waals surface area (Å²) in [5.74, 6) is 0.0294. The van der Waals surface area contributed by atoms with Crippen LogP contribution in [0, 0.1) is 6.92 Å². The van der Waals surface area contributed by atoms with E-state index in [9.17, 15) is 4.79 Å². The predicted octanol–water partition coefficient (Wildman–Crippen LogP) is 3.46. The van der Waals surface area contributed by atoms with Gasteiger partial charge in [0.05, 0.1) is 0 Å². The molecule has 3 nitrogen and oxygen atoms in total. The molecule has 1 atom stereocenters. The third-order valence-electron chi connectivity index (χ3n) is 3.10. The molecule has 1 rings (SSSR count). The lowest BCUT2D eigenvalue weighted by molar-refractivity contribution is 0.0827. The minimum Gasteiger partial charge on any atom is -0.382 e. The molecule has 0 saturated heterocycles. The van der Waals surface area contributed by atoms with E-state index < -0.39 is 0 Å². The van der Waals surface area contributed by atoms with E-state index in [2.05, 4.69) is 18.8 Å². The average Bonchev–Trinajstić information content (AvgIpc) is 2.38. The van der Waals surface area contributed by atoms with Gasteiger partial charge in [-0.3, -0.25) is 4.79 Å². The summed E-state index contributed by atoms with van der Waals surface area (Å²) >= 11 is 0. The van der Waals surface area contributed by atoms with Gasteiger partial charge in [0.25, 0.3) is 5.91 Å². The van der Waals surface area contributed by atoms with Crippen LogP contribution in [-0.4, -0.2) is 30.9 Å². The van der Waals surface area contributed by atoms with Crippen molar-refractivity contribution in [2.75, 3.05) is 19.4 Å². The highest BCUT2D eigenvalue weighted by Crippen LogP contribution is 2.19. The number of amides is 1. The predicted molar refractivity (Wildman–Crippen MR) is 81.7 cm³/mol. The Balaban J connectivity index is 2.85. The van der Waals surface area contributed by atoms with Crippen LogP contribution in [0.1, 0.15) is 35.7 Å². The van der Waals surface area contributed by atoms with Crippen molar-refractivity contribution in [2.24, 2.45) is 0 Å². The van der Waals surface area contributed by atoms with Crippen molar-refractivity contribution in [3.63, 3.8) is 0 Å². The number of benzene rings is 1. The van der Waals surface area contributed by atoms with Crippen LogP contribution in [0.5, 0.6) is 0 Å². The second-order valence-electron chi connectivity index (χ2n) is 5.14. The molecule has 0 saturated carbocycles. The Morgan fingerprint density at radius 2 is 2.16 bits per heavy atom. The molecular formula is C16H24N2O. The largest absolute Gasteiger partial charge is 0.382 e. The molecule has 0 spiro atoms. The van der Waals surface area contributed by atoms with Crippen molar-refractivity contribution < 1.29 is 4.79 Å². The normalized spacial score (nSPS) is 11.8. The monoisotopic (exact) mass is 260 g/mol. The van der Waals surface area contributed by atoms with E-state index >= 15 is 0 Å². The Bertz CT molecular complexity index is 452. The molecule has 0 aliphatic heterocycles. The van der Waals surface area contributed by atoms with Gasteiger partial charge in [0, 0.05) is 31.4 Å². The summed E-state index contributed by atoms with van der Waals surface area (Å²) in [5, 5.41) is 3.46. The summed E-state index contributed by atoms with van der Waals surface area (Å²) in [7, 11) is 3.53. The molecule has 0 bridgehead atoms. The van der Waals surface area contributed by atoms with Crippen LogP contribution < -0.4 is 5.32 Å². The van der Waals surface area contributed by atoms with E-state index in [1.807, 2.05) is 31.2 Å². The van der Waals surface area contributed by atoms with Gasteiger partial charge in [0.1, 0.15) is 0 Å². The fourth-order valence-corrected chi connectivity index (χ4v) is 1.87. The molecule has 1 aromatic carbocycles. The standard InChI is InChI=1S/C16H24N2O/c1-6-7-8-13(3)17-15-11-14(10-9-12(15)2)16(19)18(4)5/h6,9-11,13,17H,1,7-8H2,2-5H3. The first kappa shape index (κ1) is 15.3. The lowest BCUT2D eigenvalue weighted by Crippen LogP contribution is -2.22. The van der Waals surface area contributed by atoms with E-state index in [-0.39, 0.29) is 5.91 Å². The van der Waals surface area contributed by atoms with Gasteiger partial charge >= 0.3 is 0 Å². The van der Waals surface area contributed by atoms with Crippen molar-refractivity contribution in [3.8, 4) is 0 Å². The van der Waals surface area contributed by atoms with E-state index in [1.165, 1.54) is 0 Å². The fourth-order valence-electron chi connectivity index (χ4n) is 1.87. The molecule has 19 heavy (non-hydrogen) atoms. The van der Waals surface area contributed by atoms with Crippen molar-refractivity contribution in [3.05, 3.63) is 42.0 Å². The number of carbonyl (C=O) groups is 1. The molecule has 1 aromatic rings. The minimum atomic E-state index is 0.0294. The SMILES string of the molecule is C=CCCC(C)Nc1cc(C(=O)N(C)C)ccc1C. The maximum absolute atomic E-state index is 12.0. The number of hydrogen-bond acceptors (Lipinski definition) is 2. The summed E-state index contributed by atoms with van der Waals surface area (Å²) in [6.07, 6.45) is 3.95. The van der Waals surface area contributed by atoms with Gasteiger partial charge in [-0.2, -0.15) is 0 Å². The van der Waals surface area contributed by atoms with Gasteiger partial charge in [-0.1, -0.05) is 12.1 Å². The van der Waals surface area contributed by atoms with Crippen LogP contribution in [-0.2, 0) is 0 Å². The van der Waals surface area contributed by atoms with E-state index in [0.29, 0.717) is 11.6 Å². The molecule has 3 heteroatoms. The zero-order chi connectivity index (χ0) is 14.4. The molecule has 0 aromatic heterocycles. The summed E-state index contributed by atoms with van der Waals surface area (Å²) in [6, 6.07) is 6.15. The van der Waals surface area contributed by atoms with Crippen LogP contribution >= 0.6 is 0 Å². The van der Waals surface area contributed by atoms with Crippen LogP contribution in [0.15, 0.2) is 30.9 Å². The van der Waals surface area contributed by atoms with E-state index in [4.69, 9.17) is 0 Å². The molecule has 1 amide bonds. The Morgan fingerprint density at radius 1 is 1.47 bits per heavy atom. The summed E-state index contributed by atoms with van der Waals surface area (Å²) in [4.78, 5) is 13.5. The molecule has 0 aliphatic carbocycles. The number of aryl methyl sites for hydroxylation is 1. The number of hydrogen-bond donors (Lipinski definition) is 1. The number of nitrogens with one attached hydrogen (secondary N) is 1. The highest BCUT2D eigenvalue weighted by molar-refractivity contribution is 5.95. The lowest BCUT2D eigenvalue weighted by atomic mass is 10.1. The fraction of sp³-hybridized carbons (Fsp3) is 0.438. The maximum atomic E-state index is 12.0. The Morgan fingerprint density at radius 3 is 2.74 bits per heavy atom. The Labute approximate surface area is 116 Å². The molecule has 1 N–H and O–H groups in total. The molecule has 1 unspecified atom stereocenters. The topological polar surface area (TPSA) is 32.3 Å². The Kier molecular flexibility index (Phi) is 5.61. The van der Waals surface area contributed by atoms with Crippen molar-refractivity contribution in [1.29, 1.82) is 0 Å². The van der Waals surface area contributed by atoms with Crippen molar-refractivity contribution in [1.82, 2.24) is 4.90 Å². The number of nitrogens with zero attached hydrogens (tertiary/aromatic N) is 1. The molecule has 0 fully saturated rings. The molecular weight excluding hydrogens is 236 g/mol. The highest BCUT2D eigenvalue weighted by atomic mass is 16.2. The van der Waals surface area contributed by atoms with E-state index in [1.54, 1.807) is 19.0 Å². The zero-order valence-electron chi connectivity index (χ0n) is 12.4. The zero-order valence-corrected chi connectivity index (χ0v) is 12.4. The lowest BCUT2D eigenvalue weighted by Gasteiger charge is -2.18. The summed E-state index contributed by atoms with van der Waals surface area (Å²) < 4.78 is 0. The second kappa shape index (κ2) is 6.98. The number of anilines is 1. The number of allylic oxidation sites excluding steroid dienone is 1. The number of rotatable bonds is 6. The van der Waals surface area contributed by atoms with Crippen LogP contribution in [0.3, 0.4) is 0 Å². The van der Waals surface area contributed by atoms with Gasteiger partial charge in [-0.25, -0.2) is 0 Å². The Hall–Kier alpha value is -1.77. The van der Waals surface area contributed by atoms with Crippen molar-refractivity contribution in [2.45, 2.75) is 32.7 Å². The van der Waals surface area contributed by atoms with Crippen LogP contribution in [0.25, 0.3) is 0 Å². The van der Waals surface area contributed by atoms with Gasteiger partial charge in [0.2, 0.25) is 0 Å². The second-order valence-corrected chi connectivity index (χ2v) is 5.14. The van der Waals surface area contributed by atoms with Crippen LogP contribution in [0.4, 0.5) is 5.69 Å². The van der Waals surface area contributed by atoms with Gasteiger partial charge in [0.15, 0.2) is 0 Å². The van der Waals surface area contributed by atoms with Crippen molar-refractivity contribution >= 4 is 11.6 Å². The highest BCUT2D eigenvalue weighted by Gasteiger charge is 2.11. The third kappa shape index (κ3) is 4.43. The average molecular weight is 260 g/mol. The first-order chi connectivity index (χ1) is 8.95. The van der Waals surface area contributed by atoms with Gasteiger partial charge in [-0.15, -0.1) is 6.58 Å².